The van der Waals surface area contributed by atoms with Crippen molar-refractivity contribution in [2.45, 2.75) is 59.2 Å². The lowest BCUT2D eigenvalue weighted by Crippen LogP contribution is -2.46. The molecule has 0 aliphatic rings. The van der Waals surface area contributed by atoms with Crippen LogP contribution in [0.4, 0.5) is 0 Å². The molecule has 0 saturated carbocycles. The van der Waals surface area contributed by atoms with Gasteiger partial charge in [0.1, 0.15) is 5.75 Å². The minimum atomic E-state index is -0.562. The Kier molecular flexibility index (Phi) is 5.17. The van der Waals surface area contributed by atoms with Gasteiger partial charge in [-0.05, 0) is 53.2 Å². The van der Waals surface area contributed by atoms with E-state index in [0.29, 0.717) is 5.75 Å². The topological polar surface area (TPSA) is 64.3 Å². The first kappa shape index (κ1) is 16.5. The summed E-state index contributed by atoms with van der Waals surface area (Å²) < 4.78 is 5.80. The monoisotopic (exact) mass is 278 g/mol. The first-order valence-corrected chi connectivity index (χ1v) is 6.95. The summed E-state index contributed by atoms with van der Waals surface area (Å²) in [7, 11) is 0. The summed E-state index contributed by atoms with van der Waals surface area (Å²) in [6.45, 7) is 11.5. The number of ether oxygens (including phenoxy) is 1. The second-order valence-electron chi connectivity index (χ2n) is 6.33. The van der Waals surface area contributed by atoms with E-state index in [1.54, 1.807) is 6.92 Å². The summed E-state index contributed by atoms with van der Waals surface area (Å²) in [5.41, 5.74) is 7.65. The summed E-state index contributed by atoms with van der Waals surface area (Å²) in [4.78, 5) is 12.1. The molecule has 0 bridgehead atoms. The van der Waals surface area contributed by atoms with Crippen molar-refractivity contribution in [2.75, 3.05) is 0 Å². The van der Waals surface area contributed by atoms with Crippen LogP contribution in [0.15, 0.2) is 18.2 Å². The van der Waals surface area contributed by atoms with Crippen LogP contribution in [-0.2, 0) is 4.79 Å². The van der Waals surface area contributed by atoms with Crippen molar-refractivity contribution < 1.29 is 9.53 Å². The maximum Gasteiger partial charge on any atom is 0.261 e. The van der Waals surface area contributed by atoms with Gasteiger partial charge in [-0.25, -0.2) is 0 Å². The van der Waals surface area contributed by atoms with Crippen molar-refractivity contribution in [2.24, 2.45) is 5.73 Å². The van der Waals surface area contributed by atoms with Gasteiger partial charge >= 0.3 is 0 Å². The van der Waals surface area contributed by atoms with Crippen LogP contribution in [0.25, 0.3) is 0 Å². The lowest BCUT2D eigenvalue weighted by atomic mass is 10.1. The van der Waals surface area contributed by atoms with Crippen molar-refractivity contribution in [3.63, 3.8) is 0 Å². The van der Waals surface area contributed by atoms with Crippen molar-refractivity contribution in [1.82, 2.24) is 5.32 Å². The third kappa shape index (κ3) is 4.85. The number of rotatable bonds is 4. The number of hydrogen-bond acceptors (Lipinski definition) is 3. The maximum absolute atomic E-state index is 12.1. The van der Waals surface area contributed by atoms with Crippen LogP contribution in [-0.4, -0.2) is 17.6 Å². The van der Waals surface area contributed by atoms with Crippen molar-refractivity contribution in [3.05, 3.63) is 29.3 Å². The zero-order valence-electron chi connectivity index (χ0n) is 13.3. The van der Waals surface area contributed by atoms with Crippen LogP contribution < -0.4 is 15.8 Å². The highest BCUT2D eigenvalue weighted by molar-refractivity contribution is 5.81. The van der Waals surface area contributed by atoms with E-state index in [0.717, 1.165) is 11.1 Å². The van der Waals surface area contributed by atoms with E-state index >= 15 is 0 Å². The molecular formula is C16H26N2O2. The zero-order valence-corrected chi connectivity index (χ0v) is 13.3. The molecule has 0 radical (unpaired) electrons. The van der Waals surface area contributed by atoms with Crippen LogP contribution >= 0.6 is 0 Å². The average molecular weight is 278 g/mol. The van der Waals surface area contributed by atoms with Crippen molar-refractivity contribution in [1.29, 1.82) is 0 Å². The Morgan fingerprint density at radius 3 is 2.40 bits per heavy atom. The molecule has 0 spiro atoms. The molecule has 0 aliphatic carbocycles. The van der Waals surface area contributed by atoms with Gasteiger partial charge in [0, 0.05) is 17.1 Å². The van der Waals surface area contributed by atoms with Crippen LogP contribution in [0.3, 0.4) is 0 Å². The molecule has 0 aromatic heterocycles. The fraction of sp³-hybridized carbons (Fsp3) is 0.562. The molecule has 2 atom stereocenters. The highest BCUT2D eigenvalue weighted by Gasteiger charge is 2.21. The number of hydrogen-bond donors (Lipinski definition) is 2. The molecule has 20 heavy (non-hydrogen) atoms. The van der Waals surface area contributed by atoms with Gasteiger partial charge in [0.15, 0.2) is 6.10 Å². The summed E-state index contributed by atoms with van der Waals surface area (Å²) >= 11 is 0. The van der Waals surface area contributed by atoms with Gasteiger partial charge in [-0.2, -0.15) is 0 Å². The fourth-order valence-electron chi connectivity index (χ4n) is 1.84. The third-order valence-electron chi connectivity index (χ3n) is 2.83. The van der Waals surface area contributed by atoms with Crippen molar-refractivity contribution in [3.8, 4) is 5.75 Å². The molecule has 1 aromatic rings. The second-order valence-corrected chi connectivity index (χ2v) is 6.33. The van der Waals surface area contributed by atoms with Crippen LogP contribution in [0.1, 0.15) is 51.8 Å². The molecular weight excluding hydrogens is 252 g/mol. The molecule has 4 heteroatoms. The lowest BCUT2D eigenvalue weighted by molar-refractivity contribution is -0.128. The summed E-state index contributed by atoms with van der Waals surface area (Å²) in [5, 5.41) is 2.91. The molecule has 0 fully saturated rings. The van der Waals surface area contributed by atoms with E-state index in [1.807, 2.05) is 52.8 Å². The van der Waals surface area contributed by atoms with E-state index in [-0.39, 0.29) is 17.5 Å². The SMILES string of the molecule is Cc1ccc([C@H](C)N)c(OC(C)C(=O)NC(C)(C)C)c1. The number of carbonyl (C=O) groups excluding carboxylic acids is 1. The average Bonchev–Trinajstić information content (AvgIpc) is 2.26. The van der Waals surface area contributed by atoms with Crippen LogP contribution in [0.2, 0.25) is 0 Å². The van der Waals surface area contributed by atoms with E-state index in [2.05, 4.69) is 5.32 Å². The minimum Gasteiger partial charge on any atom is -0.481 e. The molecule has 0 aliphatic heterocycles. The molecule has 3 N–H and O–H groups in total. The van der Waals surface area contributed by atoms with Gasteiger partial charge in [0.05, 0.1) is 0 Å². The number of amides is 1. The van der Waals surface area contributed by atoms with Gasteiger partial charge in [0.2, 0.25) is 0 Å². The Bertz CT molecular complexity index is 476. The van der Waals surface area contributed by atoms with Gasteiger partial charge in [-0.15, -0.1) is 0 Å². The number of aryl methyl sites for hydroxylation is 1. The van der Waals surface area contributed by atoms with Gasteiger partial charge < -0.3 is 15.8 Å². The maximum atomic E-state index is 12.1. The summed E-state index contributed by atoms with van der Waals surface area (Å²) in [6.07, 6.45) is -0.562. The molecule has 1 aromatic carbocycles. The molecule has 1 rings (SSSR count). The molecule has 1 unspecified atom stereocenters. The highest BCUT2D eigenvalue weighted by Crippen LogP contribution is 2.26. The predicted octanol–water partition coefficient (Wildman–Crippen LogP) is 2.70. The van der Waals surface area contributed by atoms with Gasteiger partial charge in [0.25, 0.3) is 5.91 Å². The summed E-state index contributed by atoms with van der Waals surface area (Å²) in [6, 6.07) is 5.72. The Labute approximate surface area is 121 Å². The Morgan fingerprint density at radius 2 is 1.90 bits per heavy atom. The standard InChI is InChI=1S/C16H26N2O2/c1-10-7-8-13(11(2)17)14(9-10)20-12(3)15(19)18-16(4,5)6/h7-9,11-12H,17H2,1-6H3,(H,18,19)/t11-,12?/m0/s1. The fourth-order valence-corrected chi connectivity index (χ4v) is 1.84. The molecule has 4 nitrogen and oxygen atoms in total. The zero-order chi connectivity index (χ0) is 15.5. The predicted molar refractivity (Wildman–Crippen MR) is 81.8 cm³/mol. The number of nitrogens with one attached hydrogen (secondary N) is 1. The molecule has 0 saturated heterocycles. The summed E-state index contributed by atoms with van der Waals surface area (Å²) in [5.74, 6) is 0.547. The van der Waals surface area contributed by atoms with Gasteiger partial charge in [-0.1, -0.05) is 12.1 Å². The lowest BCUT2D eigenvalue weighted by Gasteiger charge is -2.24. The first-order valence-electron chi connectivity index (χ1n) is 6.95. The highest BCUT2D eigenvalue weighted by atomic mass is 16.5. The Balaban J connectivity index is 2.87. The van der Waals surface area contributed by atoms with Gasteiger partial charge in [-0.3, -0.25) is 4.79 Å². The van der Waals surface area contributed by atoms with E-state index in [4.69, 9.17) is 10.5 Å². The van der Waals surface area contributed by atoms with E-state index in [1.165, 1.54) is 0 Å². The number of benzene rings is 1. The van der Waals surface area contributed by atoms with E-state index in [9.17, 15) is 4.79 Å². The number of carbonyl (C=O) groups is 1. The molecule has 0 heterocycles. The Morgan fingerprint density at radius 1 is 1.30 bits per heavy atom. The van der Waals surface area contributed by atoms with Crippen LogP contribution in [0, 0.1) is 6.92 Å². The van der Waals surface area contributed by atoms with E-state index < -0.39 is 6.10 Å². The quantitative estimate of drug-likeness (QED) is 0.890. The largest absolute Gasteiger partial charge is 0.481 e. The normalized spacial score (nSPS) is 14.6. The third-order valence-corrected chi connectivity index (χ3v) is 2.83. The molecule has 112 valence electrons. The van der Waals surface area contributed by atoms with Crippen molar-refractivity contribution >= 4 is 5.91 Å². The first-order chi connectivity index (χ1) is 9.10. The Hall–Kier alpha value is -1.55. The number of nitrogens with two attached hydrogens (primary N) is 1. The smallest absolute Gasteiger partial charge is 0.261 e. The van der Waals surface area contributed by atoms with Crippen LogP contribution in [0.5, 0.6) is 5.75 Å². The second kappa shape index (κ2) is 6.27. The molecule has 1 amide bonds. The minimum absolute atomic E-state index is 0.130.